The minimum atomic E-state index is -0.118. The molecular weight excluding hydrogens is 364 g/mol. The number of quaternary nitrogens is 1. The summed E-state index contributed by atoms with van der Waals surface area (Å²) in [7, 11) is 0. The molecule has 0 saturated heterocycles. The number of thiophene rings is 1. The van der Waals surface area contributed by atoms with Gasteiger partial charge in [0.1, 0.15) is 6.04 Å². The molecule has 1 amide bonds. The Morgan fingerprint density at radius 1 is 1.08 bits per heavy atom. The van der Waals surface area contributed by atoms with Crippen LogP contribution in [0.1, 0.15) is 35.0 Å². The highest BCUT2D eigenvalue weighted by atomic mass is 35.5. The lowest BCUT2D eigenvalue weighted by Gasteiger charge is -2.18. The van der Waals surface area contributed by atoms with Gasteiger partial charge in [-0.25, -0.2) is 0 Å². The van der Waals surface area contributed by atoms with Crippen molar-refractivity contribution in [2.75, 3.05) is 6.54 Å². The third-order valence-corrected chi connectivity index (χ3v) is 5.60. The highest BCUT2D eigenvalue weighted by molar-refractivity contribution is 7.10. The number of rotatable bonds is 7. The molecule has 0 bridgehead atoms. The third kappa shape index (κ3) is 4.73. The second-order valence-corrected chi connectivity index (χ2v) is 7.56. The predicted molar refractivity (Wildman–Crippen MR) is 107 cm³/mol. The van der Waals surface area contributed by atoms with Crippen LogP contribution in [0.15, 0.2) is 72.1 Å². The quantitative estimate of drug-likeness (QED) is 0.636. The topological polar surface area (TPSA) is 45.7 Å². The van der Waals surface area contributed by atoms with E-state index in [1.165, 1.54) is 0 Å². The highest BCUT2D eigenvalue weighted by Gasteiger charge is 2.20. The van der Waals surface area contributed by atoms with E-state index in [0.717, 1.165) is 21.0 Å². The Labute approximate surface area is 163 Å². The molecule has 26 heavy (non-hydrogen) atoms. The summed E-state index contributed by atoms with van der Waals surface area (Å²) < 4.78 is 0. The number of carbonyl (C=O) groups excluding carboxylic acids is 1. The molecule has 0 aliphatic rings. The van der Waals surface area contributed by atoms with Crippen LogP contribution in [0, 0.1) is 0 Å². The molecule has 2 aromatic carbocycles. The molecule has 0 fully saturated rings. The first-order valence-corrected chi connectivity index (χ1v) is 9.86. The predicted octanol–water partition coefficient (Wildman–Crippen LogP) is 3.93. The number of nitrogens with two attached hydrogens (primary N) is 1. The first kappa shape index (κ1) is 18.6. The molecule has 3 N–H and O–H groups in total. The Kier molecular flexibility index (Phi) is 6.45. The molecule has 0 unspecified atom stereocenters. The average Bonchev–Trinajstić information content (AvgIpc) is 3.19. The van der Waals surface area contributed by atoms with Crippen molar-refractivity contribution < 1.29 is 10.1 Å². The van der Waals surface area contributed by atoms with Gasteiger partial charge >= 0.3 is 0 Å². The molecule has 0 aliphatic carbocycles. The van der Waals surface area contributed by atoms with E-state index in [1.54, 1.807) is 11.3 Å². The molecule has 0 aliphatic heterocycles. The Morgan fingerprint density at radius 3 is 2.50 bits per heavy atom. The summed E-state index contributed by atoms with van der Waals surface area (Å²) in [5.74, 6) is 0.00570. The lowest BCUT2D eigenvalue weighted by atomic mass is 10.1. The number of halogens is 1. The van der Waals surface area contributed by atoms with Crippen LogP contribution in [-0.2, 0) is 4.79 Å². The molecule has 0 saturated carbocycles. The summed E-state index contributed by atoms with van der Waals surface area (Å²) >= 11 is 7.90. The molecule has 5 heteroatoms. The summed E-state index contributed by atoms with van der Waals surface area (Å²) in [5, 5.41) is 7.94. The van der Waals surface area contributed by atoms with Gasteiger partial charge in [0.05, 0.1) is 6.04 Å². The van der Waals surface area contributed by atoms with E-state index < -0.39 is 0 Å². The monoisotopic (exact) mass is 385 g/mol. The Hall–Kier alpha value is -2.14. The zero-order valence-corrected chi connectivity index (χ0v) is 16.1. The van der Waals surface area contributed by atoms with Crippen LogP contribution >= 0.6 is 22.9 Å². The van der Waals surface area contributed by atoms with Crippen molar-refractivity contribution >= 4 is 28.8 Å². The summed E-state index contributed by atoms with van der Waals surface area (Å²) in [6, 6.07) is 21.9. The number of amides is 1. The van der Waals surface area contributed by atoms with Crippen LogP contribution in [0.4, 0.5) is 0 Å². The molecule has 0 spiro atoms. The summed E-state index contributed by atoms with van der Waals surface area (Å²) in [6.07, 6.45) is 0. The fraction of sp³-hybridized carbons (Fsp3) is 0.190. The lowest BCUT2D eigenvalue weighted by Crippen LogP contribution is -2.87. The smallest absolute Gasteiger partial charge is 0.275 e. The van der Waals surface area contributed by atoms with Gasteiger partial charge in [0.2, 0.25) is 0 Å². The number of hydrogen-bond donors (Lipinski definition) is 2. The molecular formula is C21H22ClN2OS+. The van der Waals surface area contributed by atoms with Gasteiger partial charge < -0.3 is 10.6 Å². The molecule has 2 atom stereocenters. The van der Waals surface area contributed by atoms with Crippen molar-refractivity contribution in [3.63, 3.8) is 0 Å². The number of hydrogen-bond acceptors (Lipinski definition) is 2. The van der Waals surface area contributed by atoms with E-state index in [-0.39, 0.29) is 18.0 Å². The lowest BCUT2D eigenvalue weighted by molar-refractivity contribution is -0.682. The average molecular weight is 386 g/mol. The van der Waals surface area contributed by atoms with Crippen molar-refractivity contribution in [2.24, 2.45) is 0 Å². The maximum absolute atomic E-state index is 12.6. The molecule has 0 radical (unpaired) electrons. The first-order valence-electron chi connectivity index (χ1n) is 8.60. The third-order valence-electron chi connectivity index (χ3n) is 4.32. The fourth-order valence-electron chi connectivity index (χ4n) is 2.89. The SMILES string of the molecule is C[C@H]([NH2+]CC(=O)N[C@@H](c1ccccc1)c1cccs1)c1ccccc1Cl. The zero-order chi connectivity index (χ0) is 18.4. The second kappa shape index (κ2) is 8.99. The molecule has 134 valence electrons. The van der Waals surface area contributed by atoms with Gasteiger partial charge in [0.25, 0.3) is 5.91 Å². The fourth-order valence-corrected chi connectivity index (χ4v) is 4.01. The van der Waals surface area contributed by atoms with E-state index in [2.05, 4.69) is 18.3 Å². The van der Waals surface area contributed by atoms with Crippen LogP contribution in [0.3, 0.4) is 0 Å². The number of benzene rings is 2. The number of nitrogens with one attached hydrogen (secondary N) is 1. The first-order chi connectivity index (χ1) is 12.6. The minimum Gasteiger partial charge on any atom is -0.339 e. The van der Waals surface area contributed by atoms with Gasteiger partial charge in [-0.05, 0) is 30.0 Å². The van der Waals surface area contributed by atoms with Crippen molar-refractivity contribution in [1.29, 1.82) is 0 Å². The van der Waals surface area contributed by atoms with E-state index in [0.29, 0.717) is 6.54 Å². The van der Waals surface area contributed by atoms with Gasteiger partial charge in [-0.15, -0.1) is 11.3 Å². The van der Waals surface area contributed by atoms with Crippen molar-refractivity contribution in [1.82, 2.24) is 5.32 Å². The largest absolute Gasteiger partial charge is 0.339 e. The molecule has 1 aromatic heterocycles. The van der Waals surface area contributed by atoms with Gasteiger partial charge in [-0.3, -0.25) is 4.79 Å². The maximum Gasteiger partial charge on any atom is 0.275 e. The summed E-state index contributed by atoms with van der Waals surface area (Å²) in [4.78, 5) is 13.7. The van der Waals surface area contributed by atoms with E-state index in [1.807, 2.05) is 71.4 Å². The minimum absolute atomic E-state index is 0.00570. The van der Waals surface area contributed by atoms with Crippen molar-refractivity contribution in [3.05, 3.63) is 93.1 Å². The van der Waals surface area contributed by atoms with E-state index >= 15 is 0 Å². The number of carbonyl (C=O) groups is 1. The molecule has 3 nitrogen and oxygen atoms in total. The van der Waals surface area contributed by atoms with Crippen LogP contribution in [0.5, 0.6) is 0 Å². The Balaban J connectivity index is 1.64. The second-order valence-electron chi connectivity index (χ2n) is 6.18. The van der Waals surface area contributed by atoms with Gasteiger partial charge in [-0.2, -0.15) is 0 Å². The van der Waals surface area contributed by atoms with Crippen LogP contribution in [0.2, 0.25) is 5.02 Å². The summed E-state index contributed by atoms with van der Waals surface area (Å²) in [5.41, 5.74) is 2.13. The van der Waals surface area contributed by atoms with Gasteiger partial charge in [0.15, 0.2) is 6.54 Å². The van der Waals surface area contributed by atoms with Crippen molar-refractivity contribution in [2.45, 2.75) is 19.0 Å². The maximum atomic E-state index is 12.6. The molecule has 1 heterocycles. The van der Waals surface area contributed by atoms with E-state index in [9.17, 15) is 4.79 Å². The zero-order valence-electron chi connectivity index (χ0n) is 14.6. The highest BCUT2D eigenvalue weighted by Crippen LogP contribution is 2.25. The van der Waals surface area contributed by atoms with Crippen LogP contribution in [0.25, 0.3) is 0 Å². The van der Waals surface area contributed by atoms with Gasteiger partial charge in [-0.1, -0.05) is 66.2 Å². The Bertz CT molecular complexity index is 836. The van der Waals surface area contributed by atoms with Crippen LogP contribution in [-0.4, -0.2) is 12.5 Å². The van der Waals surface area contributed by atoms with Crippen LogP contribution < -0.4 is 10.6 Å². The normalized spacial score (nSPS) is 13.2. The van der Waals surface area contributed by atoms with Gasteiger partial charge in [0, 0.05) is 15.5 Å². The molecule has 3 rings (SSSR count). The van der Waals surface area contributed by atoms with Crippen molar-refractivity contribution in [3.8, 4) is 0 Å². The standard InChI is InChI=1S/C21H21ClN2OS/c1-15(17-10-5-6-11-18(17)22)23-14-20(25)24-21(19-12-7-13-26-19)16-8-3-2-4-9-16/h2-13,15,21,23H,14H2,1H3,(H,24,25)/p+1/t15-,21-/m0/s1. The Morgan fingerprint density at radius 2 is 1.81 bits per heavy atom. The molecule has 3 aromatic rings. The summed E-state index contributed by atoms with van der Waals surface area (Å²) in [6.45, 7) is 2.41. The van der Waals surface area contributed by atoms with E-state index in [4.69, 9.17) is 11.6 Å².